The van der Waals surface area contributed by atoms with Crippen molar-refractivity contribution in [3.8, 4) is 5.75 Å². The Hall–Kier alpha value is -1.76. The number of fused-ring (bicyclic) bond motifs is 1. The molecule has 0 bridgehead atoms. The highest BCUT2D eigenvalue weighted by molar-refractivity contribution is 7.88. The lowest BCUT2D eigenvalue weighted by molar-refractivity contribution is -0.0500. The first-order valence-electron chi connectivity index (χ1n) is 7.52. The average Bonchev–Trinajstić information content (AvgIpc) is 2.44. The zero-order chi connectivity index (χ0) is 18.3. The van der Waals surface area contributed by atoms with Crippen molar-refractivity contribution >= 4 is 20.9 Å². The molecule has 2 aromatic rings. The minimum absolute atomic E-state index is 0.203. The zero-order valence-corrected chi connectivity index (χ0v) is 14.6. The third-order valence-corrected chi connectivity index (χ3v) is 4.70. The second-order valence-corrected chi connectivity index (χ2v) is 7.76. The molecule has 24 heavy (non-hydrogen) atoms. The molecule has 0 saturated carbocycles. The number of benzene rings is 2. The van der Waals surface area contributed by atoms with E-state index < -0.39 is 15.6 Å². The number of halogens is 3. The number of hydrogen-bond donors (Lipinski definition) is 0. The zero-order valence-electron chi connectivity index (χ0n) is 13.8. The van der Waals surface area contributed by atoms with Crippen molar-refractivity contribution in [2.24, 2.45) is 0 Å². The van der Waals surface area contributed by atoms with Gasteiger partial charge < -0.3 is 4.18 Å². The molecule has 0 saturated heterocycles. The Morgan fingerprint density at radius 3 is 2.08 bits per heavy atom. The number of rotatable bonds is 4. The predicted molar refractivity (Wildman–Crippen MR) is 87.7 cm³/mol. The first-order chi connectivity index (χ1) is 11.0. The molecule has 0 spiro atoms. The molecule has 0 aliphatic rings. The molecule has 0 amide bonds. The van der Waals surface area contributed by atoms with Crippen molar-refractivity contribution in [2.75, 3.05) is 0 Å². The van der Waals surface area contributed by atoms with Crippen LogP contribution in [0.4, 0.5) is 13.2 Å². The van der Waals surface area contributed by atoms with Gasteiger partial charge in [0.25, 0.3) is 0 Å². The summed E-state index contributed by atoms with van der Waals surface area (Å²) in [7, 11) is -5.73. The van der Waals surface area contributed by atoms with Crippen LogP contribution in [0, 0.1) is 0 Å². The first-order valence-corrected chi connectivity index (χ1v) is 8.92. The second kappa shape index (κ2) is 6.27. The van der Waals surface area contributed by atoms with Crippen molar-refractivity contribution in [1.82, 2.24) is 0 Å². The monoisotopic (exact) mass is 360 g/mol. The van der Waals surface area contributed by atoms with E-state index in [4.69, 9.17) is 0 Å². The molecule has 132 valence electrons. The van der Waals surface area contributed by atoms with Crippen molar-refractivity contribution in [2.45, 2.75) is 45.0 Å². The average molecular weight is 360 g/mol. The standard InChI is InChI=1S/C17H19F3O3S/c1-10(2)14-9-12-7-5-6-8-13(12)15(11(3)4)16(14)23-24(21,22)17(18,19)20/h5-11H,1-4H3. The molecule has 2 aromatic carbocycles. The lowest BCUT2D eigenvalue weighted by Crippen LogP contribution is -2.29. The molecule has 3 nitrogen and oxygen atoms in total. The number of hydrogen-bond acceptors (Lipinski definition) is 3. The summed E-state index contributed by atoms with van der Waals surface area (Å²) in [5.74, 6) is -0.631. The van der Waals surface area contributed by atoms with E-state index in [0.29, 0.717) is 16.5 Å². The molecule has 0 aliphatic carbocycles. The summed E-state index contributed by atoms with van der Waals surface area (Å²) in [4.78, 5) is 0. The van der Waals surface area contributed by atoms with Crippen LogP contribution in [0.5, 0.6) is 5.75 Å². The van der Waals surface area contributed by atoms with Crippen molar-refractivity contribution < 1.29 is 25.8 Å². The Bertz CT molecular complexity index is 853. The van der Waals surface area contributed by atoms with E-state index in [1.807, 2.05) is 12.1 Å². The Labute approximate surface area is 139 Å². The highest BCUT2D eigenvalue weighted by Gasteiger charge is 2.49. The van der Waals surface area contributed by atoms with Crippen LogP contribution in [0.15, 0.2) is 30.3 Å². The predicted octanol–water partition coefficient (Wildman–Crippen LogP) is 5.32. The van der Waals surface area contributed by atoms with E-state index >= 15 is 0 Å². The smallest absolute Gasteiger partial charge is 0.375 e. The van der Waals surface area contributed by atoms with E-state index in [-0.39, 0.29) is 17.6 Å². The SMILES string of the molecule is CC(C)c1cc2ccccc2c(C(C)C)c1OS(=O)(=O)C(F)(F)F. The Morgan fingerprint density at radius 2 is 1.58 bits per heavy atom. The lowest BCUT2D eigenvalue weighted by Gasteiger charge is -2.22. The topological polar surface area (TPSA) is 43.4 Å². The van der Waals surface area contributed by atoms with Crippen LogP contribution in [0.25, 0.3) is 10.8 Å². The van der Waals surface area contributed by atoms with E-state index in [1.165, 1.54) is 0 Å². The van der Waals surface area contributed by atoms with Gasteiger partial charge >= 0.3 is 15.6 Å². The van der Waals surface area contributed by atoms with Gasteiger partial charge in [0, 0.05) is 5.56 Å². The summed E-state index contributed by atoms with van der Waals surface area (Å²) < 4.78 is 66.1. The molecule has 0 atom stereocenters. The first kappa shape index (κ1) is 18.6. The van der Waals surface area contributed by atoms with Crippen molar-refractivity contribution in [3.05, 3.63) is 41.5 Å². The van der Waals surface area contributed by atoms with Gasteiger partial charge in [-0.05, 0) is 34.2 Å². The summed E-state index contributed by atoms with van der Waals surface area (Å²) in [6, 6.07) is 8.86. The minimum Gasteiger partial charge on any atom is -0.375 e. The van der Waals surface area contributed by atoms with Gasteiger partial charge in [0.1, 0.15) is 5.75 Å². The third-order valence-electron chi connectivity index (χ3n) is 3.74. The van der Waals surface area contributed by atoms with E-state index in [2.05, 4.69) is 4.18 Å². The molecule has 2 rings (SSSR count). The fourth-order valence-electron chi connectivity index (χ4n) is 2.63. The van der Waals surface area contributed by atoms with Crippen LogP contribution in [-0.2, 0) is 10.1 Å². The normalized spacial score (nSPS) is 13.0. The van der Waals surface area contributed by atoms with Crippen LogP contribution in [0.2, 0.25) is 0 Å². The van der Waals surface area contributed by atoms with Crippen molar-refractivity contribution in [3.63, 3.8) is 0 Å². The van der Waals surface area contributed by atoms with E-state index in [1.54, 1.807) is 45.9 Å². The molecule has 0 aliphatic heterocycles. The fraction of sp³-hybridized carbons (Fsp3) is 0.412. The highest BCUT2D eigenvalue weighted by atomic mass is 32.2. The summed E-state index contributed by atoms with van der Waals surface area (Å²) in [6.45, 7) is 7.14. The molecule has 7 heteroatoms. The largest absolute Gasteiger partial charge is 0.534 e. The van der Waals surface area contributed by atoms with Gasteiger partial charge in [-0.2, -0.15) is 21.6 Å². The van der Waals surface area contributed by atoms with Gasteiger partial charge in [0.2, 0.25) is 0 Å². The van der Waals surface area contributed by atoms with Crippen LogP contribution < -0.4 is 4.18 Å². The number of alkyl halides is 3. The van der Waals surface area contributed by atoms with E-state index in [9.17, 15) is 21.6 Å². The fourth-order valence-corrected chi connectivity index (χ4v) is 3.13. The molecule has 0 aromatic heterocycles. The molecule has 0 fully saturated rings. The van der Waals surface area contributed by atoms with Crippen LogP contribution in [0.3, 0.4) is 0 Å². The Kier molecular flexibility index (Phi) is 4.86. The molecular formula is C17H19F3O3S. The van der Waals surface area contributed by atoms with Gasteiger partial charge in [-0.3, -0.25) is 0 Å². The Morgan fingerprint density at radius 1 is 1.00 bits per heavy atom. The van der Waals surface area contributed by atoms with Crippen LogP contribution >= 0.6 is 0 Å². The summed E-state index contributed by atoms with van der Waals surface area (Å²) in [5.41, 5.74) is -4.57. The summed E-state index contributed by atoms with van der Waals surface area (Å²) >= 11 is 0. The Balaban J connectivity index is 2.84. The molecular weight excluding hydrogens is 341 g/mol. The summed E-state index contributed by atoms with van der Waals surface area (Å²) in [5, 5.41) is 1.52. The maximum atomic E-state index is 12.8. The van der Waals surface area contributed by atoms with Gasteiger partial charge in [-0.15, -0.1) is 0 Å². The molecule has 0 heterocycles. The van der Waals surface area contributed by atoms with Gasteiger partial charge in [-0.1, -0.05) is 52.0 Å². The van der Waals surface area contributed by atoms with Crippen molar-refractivity contribution in [1.29, 1.82) is 0 Å². The molecule has 0 unspecified atom stereocenters. The summed E-state index contributed by atoms with van der Waals surface area (Å²) in [6.07, 6.45) is 0. The maximum Gasteiger partial charge on any atom is 0.534 e. The lowest BCUT2D eigenvalue weighted by atomic mass is 9.89. The molecule has 0 N–H and O–H groups in total. The highest BCUT2D eigenvalue weighted by Crippen LogP contribution is 2.42. The maximum absolute atomic E-state index is 12.8. The van der Waals surface area contributed by atoms with E-state index in [0.717, 1.165) is 5.39 Å². The van der Waals surface area contributed by atoms with Crippen LogP contribution in [-0.4, -0.2) is 13.9 Å². The third kappa shape index (κ3) is 3.36. The van der Waals surface area contributed by atoms with Crippen LogP contribution in [0.1, 0.15) is 50.7 Å². The minimum atomic E-state index is -5.73. The quantitative estimate of drug-likeness (QED) is 0.548. The van der Waals surface area contributed by atoms with Gasteiger partial charge in [0.05, 0.1) is 0 Å². The second-order valence-electron chi connectivity index (χ2n) is 6.22. The van der Waals surface area contributed by atoms with Gasteiger partial charge in [0.15, 0.2) is 0 Å². The van der Waals surface area contributed by atoms with Gasteiger partial charge in [-0.25, -0.2) is 0 Å². The molecule has 0 radical (unpaired) electrons.